The third-order valence-corrected chi connectivity index (χ3v) is 1.93. The molecule has 10 heavy (non-hydrogen) atoms. The van der Waals surface area contributed by atoms with E-state index in [9.17, 15) is 0 Å². The molecule has 2 atom stereocenters. The number of nitrogens with two attached hydrogens (primary N) is 2. The van der Waals surface area contributed by atoms with E-state index in [0.29, 0.717) is 17.9 Å². The Kier molecular flexibility index (Phi) is 4.65. The molecule has 2 nitrogen and oxygen atoms in total. The van der Waals surface area contributed by atoms with Gasteiger partial charge in [-0.3, -0.25) is 0 Å². The Morgan fingerprint density at radius 1 is 1.20 bits per heavy atom. The smallest absolute Gasteiger partial charge is 0.00649 e. The average Bonchev–Trinajstić information content (AvgIpc) is 1.87. The topological polar surface area (TPSA) is 52.0 Å². The molecular formula is C8H20N2. The van der Waals surface area contributed by atoms with Gasteiger partial charge in [0.05, 0.1) is 0 Å². The quantitative estimate of drug-likeness (QED) is 0.617. The highest BCUT2D eigenvalue weighted by atomic mass is 14.6. The fourth-order valence-corrected chi connectivity index (χ4v) is 0.833. The minimum atomic E-state index is 0.318. The molecule has 0 heterocycles. The zero-order valence-electron chi connectivity index (χ0n) is 7.30. The van der Waals surface area contributed by atoms with Crippen molar-refractivity contribution in [2.24, 2.45) is 23.3 Å². The normalized spacial score (nSPS) is 17.4. The van der Waals surface area contributed by atoms with E-state index in [-0.39, 0.29) is 0 Å². The van der Waals surface area contributed by atoms with E-state index in [2.05, 4.69) is 20.8 Å². The summed E-state index contributed by atoms with van der Waals surface area (Å²) in [5.41, 5.74) is 11.3. The third kappa shape index (κ3) is 3.85. The molecule has 0 radical (unpaired) electrons. The lowest BCUT2D eigenvalue weighted by atomic mass is 9.95. The van der Waals surface area contributed by atoms with E-state index in [1.165, 1.54) is 0 Å². The highest BCUT2D eigenvalue weighted by Gasteiger charge is 2.10. The summed E-state index contributed by atoms with van der Waals surface area (Å²) in [6.07, 6.45) is 1.05. The van der Waals surface area contributed by atoms with Crippen LogP contribution in [0.2, 0.25) is 0 Å². The number of rotatable bonds is 4. The Bertz CT molecular complexity index is 81.3. The molecule has 0 aromatic rings. The monoisotopic (exact) mass is 144 g/mol. The molecule has 2 heteroatoms. The summed E-state index contributed by atoms with van der Waals surface area (Å²) >= 11 is 0. The highest BCUT2D eigenvalue weighted by molar-refractivity contribution is 4.68. The van der Waals surface area contributed by atoms with Gasteiger partial charge in [0.25, 0.3) is 0 Å². The van der Waals surface area contributed by atoms with Crippen LogP contribution in [0.5, 0.6) is 0 Å². The highest BCUT2D eigenvalue weighted by Crippen LogP contribution is 2.09. The first-order valence-corrected chi connectivity index (χ1v) is 4.03. The van der Waals surface area contributed by atoms with Gasteiger partial charge >= 0.3 is 0 Å². The van der Waals surface area contributed by atoms with Crippen LogP contribution in [0.1, 0.15) is 27.2 Å². The van der Waals surface area contributed by atoms with Crippen LogP contribution in [0.4, 0.5) is 0 Å². The van der Waals surface area contributed by atoms with Crippen molar-refractivity contribution in [3.8, 4) is 0 Å². The molecule has 0 aliphatic carbocycles. The lowest BCUT2D eigenvalue weighted by Gasteiger charge is -2.18. The van der Waals surface area contributed by atoms with Gasteiger partial charge in [-0.15, -0.1) is 0 Å². The van der Waals surface area contributed by atoms with Crippen LogP contribution in [-0.2, 0) is 0 Å². The van der Waals surface area contributed by atoms with Crippen molar-refractivity contribution in [1.82, 2.24) is 0 Å². The predicted octanol–water partition coefficient (Wildman–Crippen LogP) is 0.955. The van der Waals surface area contributed by atoms with E-state index in [1.54, 1.807) is 0 Å². The Labute approximate surface area is 64.0 Å². The summed E-state index contributed by atoms with van der Waals surface area (Å²) in [6, 6.07) is 0.318. The molecule has 0 rings (SSSR count). The molecule has 0 fully saturated rings. The van der Waals surface area contributed by atoms with Crippen molar-refractivity contribution >= 4 is 0 Å². The van der Waals surface area contributed by atoms with Crippen LogP contribution in [-0.4, -0.2) is 12.6 Å². The summed E-state index contributed by atoms with van der Waals surface area (Å²) in [7, 11) is 0. The number of hydrogen-bond donors (Lipinski definition) is 2. The van der Waals surface area contributed by atoms with Gasteiger partial charge in [0.15, 0.2) is 0 Å². The van der Waals surface area contributed by atoms with Crippen LogP contribution in [0.25, 0.3) is 0 Å². The second-order valence-corrected chi connectivity index (χ2v) is 3.48. The van der Waals surface area contributed by atoms with Gasteiger partial charge in [0.2, 0.25) is 0 Å². The molecule has 0 aromatic heterocycles. The first-order valence-electron chi connectivity index (χ1n) is 4.03. The molecular weight excluding hydrogens is 124 g/mol. The first kappa shape index (κ1) is 9.92. The van der Waals surface area contributed by atoms with Gasteiger partial charge in [-0.2, -0.15) is 0 Å². The van der Waals surface area contributed by atoms with E-state index < -0.39 is 0 Å². The van der Waals surface area contributed by atoms with Gasteiger partial charge in [-0.05, 0) is 24.8 Å². The Morgan fingerprint density at radius 3 is 2.00 bits per heavy atom. The van der Waals surface area contributed by atoms with Crippen molar-refractivity contribution in [2.75, 3.05) is 6.54 Å². The largest absolute Gasteiger partial charge is 0.330 e. The van der Waals surface area contributed by atoms with E-state index in [4.69, 9.17) is 11.5 Å². The fourth-order valence-electron chi connectivity index (χ4n) is 0.833. The molecule has 62 valence electrons. The molecule has 0 spiro atoms. The summed E-state index contributed by atoms with van der Waals surface area (Å²) in [5.74, 6) is 1.14. The van der Waals surface area contributed by atoms with Gasteiger partial charge in [-0.1, -0.05) is 20.8 Å². The van der Waals surface area contributed by atoms with Crippen molar-refractivity contribution < 1.29 is 0 Å². The fraction of sp³-hybridized carbons (Fsp3) is 1.00. The van der Waals surface area contributed by atoms with Crippen LogP contribution in [0, 0.1) is 11.8 Å². The van der Waals surface area contributed by atoms with Crippen molar-refractivity contribution in [3.63, 3.8) is 0 Å². The minimum absolute atomic E-state index is 0.318. The molecule has 0 aliphatic rings. The van der Waals surface area contributed by atoms with Crippen molar-refractivity contribution in [3.05, 3.63) is 0 Å². The molecule has 0 aromatic carbocycles. The zero-order chi connectivity index (χ0) is 8.15. The molecule has 4 N–H and O–H groups in total. The Morgan fingerprint density at radius 2 is 1.70 bits per heavy atom. The predicted molar refractivity (Wildman–Crippen MR) is 45.6 cm³/mol. The zero-order valence-corrected chi connectivity index (χ0v) is 7.30. The van der Waals surface area contributed by atoms with Crippen LogP contribution >= 0.6 is 0 Å². The van der Waals surface area contributed by atoms with E-state index in [1.807, 2.05) is 0 Å². The molecule has 0 saturated heterocycles. The Balaban J connectivity index is 3.46. The third-order valence-electron chi connectivity index (χ3n) is 1.93. The summed E-state index contributed by atoms with van der Waals surface area (Å²) in [6.45, 7) is 7.18. The molecule has 0 aliphatic heterocycles. The van der Waals surface area contributed by atoms with Crippen LogP contribution in [0.15, 0.2) is 0 Å². The maximum absolute atomic E-state index is 5.84. The SMILES string of the molecule is CC(CN)CC(N)C(C)C. The molecule has 0 amide bonds. The average molecular weight is 144 g/mol. The van der Waals surface area contributed by atoms with Gasteiger partial charge in [0.1, 0.15) is 0 Å². The Hall–Kier alpha value is -0.0800. The summed E-state index contributed by atoms with van der Waals surface area (Å²) < 4.78 is 0. The second kappa shape index (κ2) is 4.69. The maximum atomic E-state index is 5.84. The molecule has 0 bridgehead atoms. The first-order chi connectivity index (χ1) is 4.57. The number of hydrogen-bond acceptors (Lipinski definition) is 2. The summed E-state index contributed by atoms with van der Waals surface area (Å²) in [5, 5.41) is 0. The van der Waals surface area contributed by atoms with Crippen molar-refractivity contribution in [1.29, 1.82) is 0 Å². The van der Waals surface area contributed by atoms with E-state index in [0.717, 1.165) is 13.0 Å². The van der Waals surface area contributed by atoms with E-state index >= 15 is 0 Å². The van der Waals surface area contributed by atoms with Gasteiger partial charge in [-0.25, -0.2) is 0 Å². The molecule has 2 unspecified atom stereocenters. The molecule has 0 saturated carbocycles. The van der Waals surface area contributed by atoms with Crippen LogP contribution < -0.4 is 11.5 Å². The van der Waals surface area contributed by atoms with Crippen LogP contribution in [0.3, 0.4) is 0 Å². The standard InChI is InChI=1S/C8H20N2/c1-6(2)8(10)4-7(3)5-9/h6-8H,4-5,9-10H2,1-3H3. The van der Waals surface area contributed by atoms with Gasteiger partial charge < -0.3 is 11.5 Å². The summed E-state index contributed by atoms with van der Waals surface area (Å²) in [4.78, 5) is 0. The second-order valence-electron chi connectivity index (χ2n) is 3.48. The van der Waals surface area contributed by atoms with Gasteiger partial charge in [0, 0.05) is 6.04 Å². The minimum Gasteiger partial charge on any atom is -0.330 e. The van der Waals surface area contributed by atoms with Crippen molar-refractivity contribution in [2.45, 2.75) is 33.2 Å². The lowest BCUT2D eigenvalue weighted by Crippen LogP contribution is -2.30. The lowest BCUT2D eigenvalue weighted by molar-refractivity contribution is 0.394. The maximum Gasteiger partial charge on any atom is 0.00649 e.